The number of nitriles is 1. The highest BCUT2D eigenvalue weighted by molar-refractivity contribution is 6.17. The minimum absolute atomic E-state index is 0.333. The molecule has 0 radical (unpaired) electrons. The summed E-state index contributed by atoms with van der Waals surface area (Å²) in [4.78, 5) is 0. The Labute approximate surface area is 109 Å². The zero-order valence-electron chi connectivity index (χ0n) is 9.36. The van der Waals surface area contributed by atoms with Crippen molar-refractivity contribution in [2.24, 2.45) is 0 Å². The molecule has 0 atom stereocenters. The quantitative estimate of drug-likeness (QED) is 0.775. The van der Waals surface area contributed by atoms with Crippen LogP contribution in [0, 0.1) is 17.1 Å². The zero-order chi connectivity index (χ0) is 13.0. The summed E-state index contributed by atoms with van der Waals surface area (Å²) in [5.74, 6) is 0.913. The molecular formula is C14H9ClFNO. The summed E-state index contributed by atoms with van der Waals surface area (Å²) in [6.07, 6.45) is 0. The fourth-order valence-electron chi connectivity index (χ4n) is 1.47. The number of hydrogen-bond donors (Lipinski definition) is 0. The summed E-state index contributed by atoms with van der Waals surface area (Å²) < 4.78 is 18.3. The van der Waals surface area contributed by atoms with Gasteiger partial charge in [-0.1, -0.05) is 6.07 Å². The highest BCUT2D eigenvalue weighted by Crippen LogP contribution is 2.26. The molecule has 2 aromatic carbocycles. The van der Waals surface area contributed by atoms with E-state index in [0.717, 1.165) is 5.56 Å². The van der Waals surface area contributed by atoms with Crippen molar-refractivity contribution < 1.29 is 9.13 Å². The number of rotatable bonds is 3. The van der Waals surface area contributed by atoms with E-state index in [1.807, 2.05) is 6.07 Å². The van der Waals surface area contributed by atoms with Gasteiger partial charge >= 0.3 is 0 Å². The third-order valence-corrected chi connectivity index (χ3v) is 2.67. The van der Waals surface area contributed by atoms with Crippen LogP contribution in [0.15, 0.2) is 42.5 Å². The van der Waals surface area contributed by atoms with Gasteiger partial charge in [0.25, 0.3) is 0 Å². The maximum absolute atomic E-state index is 12.7. The van der Waals surface area contributed by atoms with Crippen LogP contribution in [-0.4, -0.2) is 0 Å². The van der Waals surface area contributed by atoms with E-state index in [4.69, 9.17) is 21.6 Å². The van der Waals surface area contributed by atoms with Crippen LogP contribution >= 0.6 is 11.6 Å². The highest BCUT2D eigenvalue weighted by Gasteiger charge is 2.06. The van der Waals surface area contributed by atoms with Gasteiger partial charge in [-0.3, -0.25) is 0 Å². The van der Waals surface area contributed by atoms with Gasteiger partial charge in [0.15, 0.2) is 0 Å². The van der Waals surface area contributed by atoms with Crippen LogP contribution in [0.5, 0.6) is 11.5 Å². The Morgan fingerprint density at radius 1 is 1.17 bits per heavy atom. The molecule has 0 aliphatic carbocycles. The second kappa shape index (κ2) is 5.52. The second-order valence-corrected chi connectivity index (χ2v) is 3.90. The average molecular weight is 262 g/mol. The average Bonchev–Trinajstić information content (AvgIpc) is 2.41. The van der Waals surface area contributed by atoms with Gasteiger partial charge in [-0.25, -0.2) is 4.39 Å². The molecule has 2 nitrogen and oxygen atoms in total. The van der Waals surface area contributed by atoms with E-state index in [1.165, 1.54) is 24.3 Å². The van der Waals surface area contributed by atoms with Crippen molar-refractivity contribution in [3.63, 3.8) is 0 Å². The van der Waals surface area contributed by atoms with Gasteiger partial charge < -0.3 is 4.74 Å². The lowest BCUT2D eigenvalue weighted by molar-refractivity contribution is 0.479. The van der Waals surface area contributed by atoms with Crippen LogP contribution in [0.3, 0.4) is 0 Å². The zero-order valence-corrected chi connectivity index (χ0v) is 10.1. The SMILES string of the molecule is N#Cc1cc(CCl)ccc1Oc1ccc(F)cc1. The van der Waals surface area contributed by atoms with E-state index >= 15 is 0 Å². The number of hydrogen-bond acceptors (Lipinski definition) is 2. The van der Waals surface area contributed by atoms with E-state index in [-0.39, 0.29) is 5.82 Å². The molecule has 0 saturated carbocycles. The Kier molecular flexibility index (Phi) is 3.81. The van der Waals surface area contributed by atoms with E-state index in [2.05, 4.69) is 0 Å². The number of alkyl halides is 1. The molecule has 0 N–H and O–H groups in total. The summed E-state index contributed by atoms with van der Waals surface area (Å²) in [6, 6.07) is 12.8. The van der Waals surface area contributed by atoms with Crippen molar-refractivity contribution in [3.05, 3.63) is 59.4 Å². The van der Waals surface area contributed by atoms with Crippen LogP contribution in [-0.2, 0) is 5.88 Å². The molecule has 0 fully saturated rings. The molecule has 90 valence electrons. The molecule has 4 heteroatoms. The van der Waals surface area contributed by atoms with Gasteiger partial charge in [0.05, 0.1) is 5.56 Å². The molecule has 0 aliphatic rings. The van der Waals surface area contributed by atoms with E-state index < -0.39 is 0 Å². The summed E-state index contributed by atoms with van der Waals surface area (Å²) in [6.45, 7) is 0. The molecule has 0 spiro atoms. The monoisotopic (exact) mass is 261 g/mol. The fraction of sp³-hybridized carbons (Fsp3) is 0.0714. The first-order valence-electron chi connectivity index (χ1n) is 5.25. The smallest absolute Gasteiger partial charge is 0.145 e. The first-order valence-corrected chi connectivity index (χ1v) is 5.79. The van der Waals surface area contributed by atoms with E-state index in [9.17, 15) is 4.39 Å². The molecule has 0 aromatic heterocycles. The number of halogens is 2. The van der Waals surface area contributed by atoms with Crippen LogP contribution in [0.2, 0.25) is 0 Å². The van der Waals surface area contributed by atoms with Crippen LogP contribution < -0.4 is 4.74 Å². The second-order valence-electron chi connectivity index (χ2n) is 3.63. The van der Waals surface area contributed by atoms with Crippen molar-refractivity contribution in [3.8, 4) is 17.6 Å². The largest absolute Gasteiger partial charge is 0.456 e. The van der Waals surface area contributed by atoms with Gasteiger partial charge in [-0.2, -0.15) is 5.26 Å². The molecule has 2 aromatic rings. The van der Waals surface area contributed by atoms with E-state index in [0.29, 0.717) is 22.9 Å². The van der Waals surface area contributed by atoms with Gasteiger partial charge in [0.2, 0.25) is 0 Å². The molecule has 18 heavy (non-hydrogen) atoms. The molecule has 0 aliphatic heterocycles. The van der Waals surface area contributed by atoms with Crippen molar-refractivity contribution in [2.45, 2.75) is 5.88 Å². The highest BCUT2D eigenvalue weighted by atomic mass is 35.5. The lowest BCUT2D eigenvalue weighted by Gasteiger charge is -2.08. The summed E-state index contributed by atoms with van der Waals surface area (Å²) in [7, 11) is 0. The summed E-state index contributed by atoms with van der Waals surface area (Å²) in [5, 5.41) is 9.03. The van der Waals surface area contributed by atoms with Gasteiger partial charge in [0.1, 0.15) is 23.4 Å². The normalized spacial score (nSPS) is 9.83. The summed E-state index contributed by atoms with van der Waals surface area (Å²) >= 11 is 5.69. The topological polar surface area (TPSA) is 33.0 Å². The Morgan fingerprint density at radius 2 is 1.89 bits per heavy atom. The van der Waals surface area contributed by atoms with Crippen molar-refractivity contribution in [1.29, 1.82) is 5.26 Å². The minimum atomic E-state index is -0.333. The maximum atomic E-state index is 12.7. The molecule has 0 amide bonds. The predicted molar refractivity (Wildman–Crippen MR) is 67.2 cm³/mol. The van der Waals surface area contributed by atoms with Gasteiger partial charge in [-0.15, -0.1) is 11.6 Å². The molecule has 0 unspecified atom stereocenters. The molecule has 2 rings (SSSR count). The van der Waals surface area contributed by atoms with Crippen molar-refractivity contribution in [1.82, 2.24) is 0 Å². The Bertz CT molecular complexity index is 590. The summed E-state index contributed by atoms with van der Waals surface area (Å²) in [5.41, 5.74) is 1.25. The fourth-order valence-corrected chi connectivity index (χ4v) is 1.63. The molecule has 0 saturated heterocycles. The minimum Gasteiger partial charge on any atom is -0.456 e. The number of benzene rings is 2. The Balaban J connectivity index is 2.29. The van der Waals surface area contributed by atoms with Crippen LogP contribution in [0.1, 0.15) is 11.1 Å². The van der Waals surface area contributed by atoms with Crippen LogP contribution in [0.25, 0.3) is 0 Å². The Hall–Kier alpha value is -2.05. The standard InChI is InChI=1S/C14H9ClFNO/c15-8-10-1-6-14(11(7-10)9-17)18-13-4-2-12(16)3-5-13/h1-7H,8H2. The number of ether oxygens (including phenoxy) is 1. The Morgan fingerprint density at radius 3 is 2.50 bits per heavy atom. The predicted octanol–water partition coefficient (Wildman–Crippen LogP) is 4.23. The molecular weight excluding hydrogens is 253 g/mol. The third-order valence-electron chi connectivity index (χ3n) is 2.36. The van der Waals surface area contributed by atoms with E-state index in [1.54, 1.807) is 18.2 Å². The first kappa shape index (κ1) is 12.4. The first-order chi connectivity index (χ1) is 8.72. The third kappa shape index (κ3) is 2.79. The molecule has 0 bridgehead atoms. The number of nitrogens with zero attached hydrogens (tertiary/aromatic N) is 1. The maximum Gasteiger partial charge on any atom is 0.145 e. The van der Waals surface area contributed by atoms with Crippen molar-refractivity contribution in [2.75, 3.05) is 0 Å². The lowest BCUT2D eigenvalue weighted by atomic mass is 10.1. The molecule has 0 heterocycles. The van der Waals surface area contributed by atoms with Gasteiger partial charge in [-0.05, 0) is 42.0 Å². The van der Waals surface area contributed by atoms with Crippen molar-refractivity contribution >= 4 is 11.6 Å². The van der Waals surface area contributed by atoms with Crippen LogP contribution in [0.4, 0.5) is 4.39 Å². The lowest BCUT2D eigenvalue weighted by Crippen LogP contribution is -1.90. The van der Waals surface area contributed by atoms with Gasteiger partial charge in [0, 0.05) is 5.88 Å².